The molecular formula is C61H62N2O5. The van der Waals surface area contributed by atoms with Crippen molar-refractivity contribution in [3.05, 3.63) is 178 Å². The van der Waals surface area contributed by atoms with E-state index in [0.717, 1.165) is 61.2 Å². The normalized spacial score (nSPS) is 19.1. The lowest BCUT2D eigenvalue weighted by atomic mass is 9.77. The number of benzene rings is 7. The van der Waals surface area contributed by atoms with E-state index in [1.165, 1.54) is 69.6 Å². The lowest BCUT2D eigenvalue weighted by Gasteiger charge is -2.38. The van der Waals surface area contributed by atoms with Crippen LogP contribution in [-0.4, -0.2) is 57.2 Å². The summed E-state index contributed by atoms with van der Waals surface area (Å²) in [5.74, 6) is 2.59. The van der Waals surface area contributed by atoms with Gasteiger partial charge in [-0.15, -0.1) is 0 Å². The third-order valence-electron chi connectivity index (χ3n) is 15.2. The summed E-state index contributed by atoms with van der Waals surface area (Å²) in [4.78, 5) is 32.2. The number of methoxy groups -OCH3 is 2. The molecule has 0 aromatic heterocycles. The van der Waals surface area contributed by atoms with E-state index in [1.54, 1.807) is 7.11 Å². The summed E-state index contributed by atoms with van der Waals surface area (Å²) in [7, 11) is 3.09. The molecule has 2 fully saturated rings. The van der Waals surface area contributed by atoms with Crippen molar-refractivity contribution in [1.82, 2.24) is 4.90 Å². The number of ether oxygens (including phenoxy) is 3. The standard InChI is InChI=1S/C61H62N2O5/c1-5-6-8-13-42-18-20-43(21-19-42)44-22-24-45(25-23-44)46-26-28-47(29-27-46)59(64)63-38-36-62(37-39-63)55-40-54-41(2)56(60(65)67-4)53-34-35-61(48-14-9-7-10-15-48,49-30-32-50(66-3)33-31-49)68-58(53)57(54)52-17-12-11-16-51(52)55/h7,9-12,14-17,22-35,40,42-43H,5-6,8,13,18-21,36-39H2,1-4H3. The van der Waals surface area contributed by atoms with Crippen LogP contribution < -0.4 is 14.4 Å². The van der Waals surface area contributed by atoms with E-state index in [2.05, 4.69) is 96.8 Å². The zero-order valence-corrected chi connectivity index (χ0v) is 39.9. The van der Waals surface area contributed by atoms with Crippen molar-refractivity contribution in [3.63, 3.8) is 0 Å². The fraction of sp³-hybridized carbons (Fsp3) is 0.311. The second kappa shape index (κ2) is 19.4. The van der Waals surface area contributed by atoms with Crippen LogP contribution in [0.1, 0.15) is 113 Å². The van der Waals surface area contributed by atoms with E-state index in [-0.39, 0.29) is 5.91 Å². The molecule has 1 aliphatic carbocycles. The fourth-order valence-corrected chi connectivity index (χ4v) is 11.3. The molecule has 7 nitrogen and oxygen atoms in total. The topological polar surface area (TPSA) is 68.3 Å². The van der Waals surface area contributed by atoms with Gasteiger partial charge in [0.1, 0.15) is 11.5 Å². The van der Waals surface area contributed by atoms with Crippen LogP contribution in [0.4, 0.5) is 5.69 Å². The average molecular weight is 903 g/mol. The molecule has 1 saturated heterocycles. The number of hydrogen-bond acceptors (Lipinski definition) is 6. The Bertz CT molecular complexity index is 2960. The first kappa shape index (κ1) is 44.9. The third-order valence-corrected chi connectivity index (χ3v) is 15.2. The minimum absolute atomic E-state index is 0.0503. The Labute approximate surface area is 401 Å². The number of aryl methyl sites for hydroxylation is 1. The van der Waals surface area contributed by atoms with Crippen molar-refractivity contribution in [1.29, 1.82) is 0 Å². The van der Waals surface area contributed by atoms with Gasteiger partial charge >= 0.3 is 5.97 Å². The maximum atomic E-state index is 14.0. The number of esters is 1. The Morgan fingerprint density at radius 3 is 2.01 bits per heavy atom. The van der Waals surface area contributed by atoms with Crippen molar-refractivity contribution in [2.45, 2.75) is 76.7 Å². The molecule has 0 bridgehead atoms. The van der Waals surface area contributed by atoms with Crippen LogP contribution in [0.5, 0.6) is 11.5 Å². The van der Waals surface area contributed by atoms with E-state index in [4.69, 9.17) is 14.2 Å². The molecule has 346 valence electrons. The van der Waals surface area contributed by atoms with Crippen LogP contribution in [-0.2, 0) is 10.3 Å². The maximum absolute atomic E-state index is 14.0. The van der Waals surface area contributed by atoms with Crippen LogP contribution >= 0.6 is 0 Å². The summed E-state index contributed by atoms with van der Waals surface area (Å²) in [6.45, 7) is 6.78. The van der Waals surface area contributed by atoms with Gasteiger partial charge in [0.15, 0.2) is 5.60 Å². The quantitative estimate of drug-likeness (QED) is 0.0691. The number of rotatable bonds is 12. The highest BCUT2D eigenvalue weighted by Crippen LogP contribution is 2.51. The molecule has 3 aliphatic rings. The Morgan fingerprint density at radius 2 is 1.35 bits per heavy atom. The van der Waals surface area contributed by atoms with Gasteiger partial charge in [0, 0.05) is 64.9 Å². The smallest absolute Gasteiger partial charge is 0.338 e. The Morgan fingerprint density at radius 1 is 0.706 bits per heavy atom. The van der Waals surface area contributed by atoms with Gasteiger partial charge < -0.3 is 24.0 Å². The molecule has 7 aromatic rings. The van der Waals surface area contributed by atoms with Gasteiger partial charge in [0.05, 0.1) is 19.8 Å². The summed E-state index contributed by atoms with van der Waals surface area (Å²) in [6.07, 6.45) is 14.9. The number of unbranched alkanes of at least 4 members (excludes halogenated alkanes) is 2. The van der Waals surface area contributed by atoms with Crippen LogP contribution in [0.3, 0.4) is 0 Å². The zero-order chi connectivity index (χ0) is 46.8. The summed E-state index contributed by atoms with van der Waals surface area (Å²) in [5.41, 5.74) is 8.41. The van der Waals surface area contributed by atoms with Crippen molar-refractivity contribution in [2.24, 2.45) is 5.92 Å². The molecule has 10 rings (SSSR count). The lowest BCUT2D eigenvalue weighted by Crippen LogP contribution is -2.48. The first-order valence-corrected chi connectivity index (χ1v) is 24.7. The van der Waals surface area contributed by atoms with Crippen molar-refractivity contribution >= 4 is 45.2 Å². The molecule has 1 amide bonds. The molecule has 0 spiro atoms. The summed E-state index contributed by atoms with van der Waals surface area (Å²) in [5, 5.41) is 3.95. The van der Waals surface area contributed by atoms with Crippen molar-refractivity contribution in [2.75, 3.05) is 45.3 Å². The molecular weight excluding hydrogens is 841 g/mol. The first-order chi connectivity index (χ1) is 33.3. The van der Waals surface area contributed by atoms with Gasteiger partial charge in [-0.25, -0.2) is 4.79 Å². The SMILES string of the molecule is CCCCCC1CCC(c2ccc(-c3ccc(C(=O)N4CCN(c5cc6c(C)c(C(=O)OC)c7c(c6c6ccccc56)OC(c5ccccc5)(c5ccc(OC)cc5)C=C7)CC4)cc3)cc2)CC1. The zero-order valence-electron chi connectivity index (χ0n) is 39.9. The molecule has 7 heteroatoms. The Balaban J connectivity index is 0.902. The summed E-state index contributed by atoms with van der Waals surface area (Å²) < 4.78 is 18.4. The average Bonchev–Trinajstić information content (AvgIpc) is 3.41. The van der Waals surface area contributed by atoms with Gasteiger partial charge in [0.25, 0.3) is 5.91 Å². The van der Waals surface area contributed by atoms with Gasteiger partial charge in [0.2, 0.25) is 0 Å². The van der Waals surface area contributed by atoms with Crippen LogP contribution in [0.25, 0.3) is 38.7 Å². The highest BCUT2D eigenvalue weighted by Gasteiger charge is 2.40. The molecule has 1 atom stereocenters. The predicted octanol–water partition coefficient (Wildman–Crippen LogP) is 13.9. The van der Waals surface area contributed by atoms with E-state index in [9.17, 15) is 9.59 Å². The van der Waals surface area contributed by atoms with Gasteiger partial charge in [-0.1, -0.05) is 136 Å². The summed E-state index contributed by atoms with van der Waals surface area (Å²) in [6, 6.07) is 46.1. The van der Waals surface area contributed by atoms with E-state index in [0.29, 0.717) is 54.5 Å². The predicted molar refractivity (Wildman–Crippen MR) is 276 cm³/mol. The van der Waals surface area contributed by atoms with E-state index < -0.39 is 11.6 Å². The molecule has 2 aliphatic heterocycles. The van der Waals surface area contributed by atoms with E-state index >= 15 is 0 Å². The summed E-state index contributed by atoms with van der Waals surface area (Å²) >= 11 is 0. The van der Waals surface area contributed by atoms with Crippen LogP contribution in [0, 0.1) is 12.8 Å². The molecule has 1 unspecified atom stereocenters. The number of anilines is 1. The number of amides is 1. The molecule has 2 heterocycles. The number of carbonyl (C=O) groups is 2. The fourth-order valence-electron chi connectivity index (χ4n) is 11.3. The van der Waals surface area contributed by atoms with Gasteiger partial charge in [-0.2, -0.15) is 0 Å². The number of fused-ring (bicyclic) bond motifs is 5. The second-order valence-corrected chi connectivity index (χ2v) is 19.1. The minimum Gasteiger partial charge on any atom is -0.497 e. The lowest BCUT2D eigenvalue weighted by molar-refractivity contribution is 0.0598. The molecule has 0 N–H and O–H groups in total. The third kappa shape index (κ3) is 8.41. The monoisotopic (exact) mass is 902 g/mol. The minimum atomic E-state index is -1.00. The maximum Gasteiger partial charge on any atom is 0.338 e. The molecule has 0 radical (unpaired) electrons. The Hall–Kier alpha value is -6.86. The highest BCUT2D eigenvalue weighted by atomic mass is 16.5. The van der Waals surface area contributed by atoms with Crippen molar-refractivity contribution in [3.8, 4) is 22.6 Å². The largest absolute Gasteiger partial charge is 0.497 e. The second-order valence-electron chi connectivity index (χ2n) is 19.1. The molecule has 1 saturated carbocycles. The van der Waals surface area contributed by atoms with Gasteiger partial charge in [-0.05, 0) is 120 Å². The Kier molecular flexibility index (Phi) is 12.8. The van der Waals surface area contributed by atoms with Gasteiger partial charge in [-0.3, -0.25) is 4.79 Å². The van der Waals surface area contributed by atoms with Crippen LogP contribution in [0.2, 0.25) is 0 Å². The van der Waals surface area contributed by atoms with Crippen molar-refractivity contribution < 1.29 is 23.8 Å². The number of piperazine rings is 1. The number of carbonyl (C=O) groups excluding carboxylic acids is 2. The number of hydrogen-bond donors (Lipinski definition) is 0. The van der Waals surface area contributed by atoms with Crippen LogP contribution in [0.15, 0.2) is 140 Å². The molecule has 68 heavy (non-hydrogen) atoms. The molecule has 7 aromatic carbocycles. The first-order valence-electron chi connectivity index (χ1n) is 24.7. The van der Waals surface area contributed by atoms with E-state index in [1.807, 2.05) is 72.5 Å². The highest BCUT2D eigenvalue weighted by molar-refractivity contribution is 6.20. The number of nitrogens with zero attached hydrogens (tertiary/aromatic N) is 2.